The first-order chi connectivity index (χ1) is 15.4. The molecule has 1 aliphatic rings. The molecule has 8 heteroatoms. The lowest BCUT2D eigenvalue weighted by Crippen LogP contribution is -2.39. The number of hydrogen-bond acceptors (Lipinski definition) is 6. The summed E-state index contributed by atoms with van der Waals surface area (Å²) in [4.78, 5) is 26.9. The maximum Gasteiger partial charge on any atom is 0.228 e. The predicted octanol–water partition coefficient (Wildman–Crippen LogP) is 5.41. The number of aryl methyl sites for hydroxylation is 2. The summed E-state index contributed by atoms with van der Waals surface area (Å²) < 4.78 is 1.94. The number of carbonyl (C=O) groups excluding carboxylic acids is 1. The van der Waals surface area contributed by atoms with Crippen LogP contribution in [0.15, 0.2) is 12.4 Å². The molecule has 7 nitrogen and oxygen atoms in total. The first kappa shape index (κ1) is 23.7. The lowest BCUT2D eigenvalue weighted by molar-refractivity contribution is -0.120. The highest BCUT2D eigenvalue weighted by Gasteiger charge is 2.30. The summed E-state index contributed by atoms with van der Waals surface area (Å²) >= 11 is 1.72. The molecular weight excluding hydrogens is 432 g/mol. The highest BCUT2D eigenvalue weighted by atomic mass is 32.1. The summed E-state index contributed by atoms with van der Waals surface area (Å²) in [7, 11) is 0. The topological polar surface area (TPSA) is 75.9 Å². The van der Waals surface area contributed by atoms with Gasteiger partial charge in [-0.15, -0.1) is 11.3 Å². The lowest BCUT2D eigenvalue weighted by atomic mass is 9.92. The Bertz CT molecular complexity index is 1170. The number of nitrogens with one attached hydrogen (secondary N) is 1. The average Bonchev–Trinajstić information content (AvgIpc) is 3.29. The summed E-state index contributed by atoms with van der Waals surface area (Å²) in [5, 5.41) is 9.18. The number of carbonyl (C=O) groups is 1. The van der Waals surface area contributed by atoms with Crippen LogP contribution >= 0.6 is 11.3 Å². The summed E-state index contributed by atoms with van der Waals surface area (Å²) in [5.41, 5.74) is 1.94. The van der Waals surface area contributed by atoms with E-state index < -0.39 is 0 Å². The van der Waals surface area contributed by atoms with Gasteiger partial charge in [-0.3, -0.25) is 4.79 Å². The second-order valence-electron chi connectivity index (χ2n) is 11.2. The minimum Gasteiger partial charge on any atom is -0.356 e. The van der Waals surface area contributed by atoms with Crippen molar-refractivity contribution in [2.24, 2.45) is 5.92 Å². The molecule has 0 unspecified atom stereocenters. The molecule has 1 aliphatic heterocycles. The Labute approximate surface area is 200 Å². The van der Waals surface area contributed by atoms with Crippen LogP contribution in [0, 0.1) is 19.8 Å². The van der Waals surface area contributed by atoms with E-state index in [2.05, 4.69) is 75.6 Å². The molecule has 0 spiro atoms. The summed E-state index contributed by atoms with van der Waals surface area (Å²) in [5.74, 6) is 1.84. The third kappa shape index (κ3) is 4.63. The van der Waals surface area contributed by atoms with E-state index in [1.54, 1.807) is 17.7 Å². The van der Waals surface area contributed by atoms with Crippen LogP contribution in [0.1, 0.15) is 70.5 Å². The third-order valence-corrected chi connectivity index (χ3v) is 7.59. The van der Waals surface area contributed by atoms with Gasteiger partial charge < -0.3 is 10.2 Å². The van der Waals surface area contributed by atoms with E-state index in [1.165, 1.54) is 10.4 Å². The molecule has 1 fully saturated rings. The van der Waals surface area contributed by atoms with Gasteiger partial charge in [-0.25, -0.2) is 14.6 Å². The van der Waals surface area contributed by atoms with E-state index in [1.807, 2.05) is 10.7 Å². The zero-order valence-electron chi connectivity index (χ0n) is 21.1. The summed E-state index contributed by atoms with van der Waals surface area (Å²) in [6.07, 6.45) is 3.26. The minimum atomic E-state index is -0.218. The van der Waals surface area contributed by atoms with Gasteiger partial charge in [-0.05, 0) is 53.0 Å². The molecule has 4 rings (SSSR count). The normalized spacial score (nSPS) is 15.9. The Morgan fingerprint density at radius 1 is 1.09 bits per heavy atom. The van der Waals surface area contributed by atoms with Crippen LogP contribution in [0.25, 0.3) is 10.2 Å². The standard InChI is InChI=1S/C25H36N6OS/c1-15-16(2)33-23-20(15)21(26-14-27-23)30-11-9-17(10-12-30)22(32)28-19-13-18(24(3,4)5)29-31(19)25(6,7)8/h13-14,17H,9-12H2,1-8H3,(H,28,32). The molecule has 33 heavy (non-hydrogen) atoms. The largest absolute Gasteiger partial charge is 0.356 e. The van der Waals surface area contributed by atoms with Gasteiger partial charge in [-0.1, -0.05) is 20.8 Å². The van der Waals surface area contributed by atoms with Gasteiger partial charge in [0, 0.05) is 35.4 Å². The molecule has 3 aromatic heterocycles. The monoisotopic (exact) mass is 468 g/mol. The fraction of sp³-hybridized carbons (Fsp3) is 0.600. The summed E-state index contributed by atoms with van der Waals surface area (Å²) in [6, 6.07) is 2.03. The van der Waals surface area contributed by atoms with E-state index in [-0.39, 0.29) is 22.8 Å². The molecular formula is C25H36N6OS. The molecule has 0 atom stereocenters. The van der Waals surface area contributed by atoms with E-state index in [9.17, 15) is 4.79 Å². The van der Waals surface area contributed by atoms with Crippen molar-refractivity contribution in [1.29, 1.82) is 0 Å². The fourth-order valence-corrected chi connectivity index (χ4v) is 5.32. The Morgan fingerprint density at radius 3 is 2.36 bits per heavy atom. The van der Waals surface area contributed by atoms with Gasteiger partial charge in [0.1, 0.15) is 22.8 Å². The van der Waals surface area contributed by atoms with Crippen LogP contribution in [0.3, 0.4) is 0 Å². The number of amides is 1. The molecule has 1 N–H and O–H groups in total. The lowest BCUT2D eigenvalue weighted by Gasteiger charge is -2.32. The van der Waals surface area contributed by atoms with Crippen molar-refractivity contribution in [2.75, 3.05) is 23.3 Å². The van der Waals surface area contributed by atoms with E-state index >= 15 is 0 Å². The van der Waals surface area contributed by atoms with Crippen molar-refractivity contribution < 1.29 is 4.79 Å². The molecule has 0 radical (unpaired) electrons. The van der Waals surface area contributed by atoms with E-state index in [0.717, 1.165) is 53.5 Å². The number of fused-ring (bicyclic) bond motifs is 1. The van der Waals surface area contributed by atoms with Gasteiger partial charge in [0.15, 0.2) is 0 Å². The Balaban J connectivity index is 1.49. The molecule has 1 amide bonds. The van der Waals surface area contributed by atoms with E-state index in [0.29, 0.717) is 0 Å². The summed E-state index contributed by atoms with van der Waals surface area (Å²) in [6.45, 7) is 18.7. The molecule has 3 aromatic rings. The number of anilines is 2. The molecule has 1 saturated heterocycles. The van der Waals surface area contributed by atoms with Gasteiger partial charge >= 0.3 is 0 Å². The van der Waals surface area contributed by atoms with Crippen molar-refractivity contribution in [1.82, 2.24) is 19.7 Å². The predicted molar refractivity (Wildman–Crippen MR) is 136 cm³/mol. The third-order valence-electron chi connectivity index (χ3n) is 6.48. The first-order valence-electron chi connectivity index (χ1n) is 11.7. The van der Waals surface area contributed by atoms with Crippen molar-refractivity contribution in [2.45, 2.75) is 79.2 Å². The first-order valence-corrected chi connectivity index (χ1v) is 12.6. The maximum absolute atomic E-state index is 13.2. The highest BCUT2D eigenvalue weighted by Crippen LogP contribution is 2.36. The Kier molecular flexibility index (Phi) is 6.01. The fourth-order valence-electron chi connectivity index (χ4n) is 4.33. The smallest absolute Gasteiger partial charge is 0.228 e. The molecule has 0 aliphatic carbocycles. The van der Waals surface area contributed by atoms with Gasteiger partial charge in [0.2, 0.25) is 5.91 Å². The number of rotatable bonds is 3. The van der Waals surface area contributed by atoms with E-state index in [4.69, 9.17) is 5.10 Å². The number of hydrogen-bond donors (Lipinski definition) is 1. The second kappa shape index (κ2) is 8.38. The molecule has 178 valence electrons. The number of thiophene rings is 1. The van der Waals surface area contributed by atoms with Crippen molar-refractivity contribution in [3.05, 3.63) is 28.5 Å². The average molecular weight is 469 g/mol. The molecule has 4 heterocycles. The quantitative estimate of drug-likeness (QED) is 0.556. The number of piperidine rings is 1. The van der Waals surface area contributed by atoms with Crippen molar-refractivity contribution in [3.8, 4) is 0 Å². The van der Waals surface area contributed by atoms with Crippen LogP contribution in [-0.2, 0) is 15.7 Å². The van der Waals surface area contributed by atoms with Crippen molar-refractivity contribution >= 4 is 39.1 Å². The zero-order chi connectivity index (χ0) is 24.1. The molecule has 0 aromatic carbocycles. The van der Waals surface area contributed by atoms with Crippen LogP contribution in [-0.4, -0.2) is 38.7 Å². The van der Waals surface area contributed by atoms with Crippen molar-refractivity contribution in [3.63, 3.8) is 0 Å². The zero-order valence-corrected chi connectivity index (χ0v) is 21.9. The highest BCUT2D eigenvalue weighted by molar-refractivity contribution is 7.18. The van der Waals surface area contributed by atoms with Gasteiger partial charge in [-0.2, -0.15) is 5.10 Å². The van der Waals surface area contributed by atoms with Crippen LogP contribution in [0.4, 0.5) is 11.6 Å². The Morgan fingerprint density at radius 2 is 1.76 bits per heavy atom. The minimum absolute atomic E-state index is 0.0229. The Hall–Kier alpha value is -2.48. The second-order valence-corrected chi connectivity index (χ2v) is 12.4. The SMILES string of the molecule is Cc1sc2ncnc(N3CCC(C(=O)Nc4cc(C(C)(C)C)nn4C(C)(C)C)CC3)c2c1C. The maximum atomic E-state index is 13.2. The van der Waals surface area contributed by atoms with Gasteiger partial charge in [0.05, 0.1) is 16.6 Å². The number of aromatic nitrogens is 4. The van der Waals surface area contributed by atoms with Crippen LogP contribution < -0.4 is 10.2 Å². The van der Waals surface area contributed by atoms with Gasteiger partial charge in [0.25, 0.3) is 0 Å². The number of nitrogens with zero attached hydrogens (tertiary/aromatic N) is 5. The van der Waals surface area contributed by atoms with Crippen LogP contribution in [0.2, 0.25) is 0 Å². The molecule has 0 saturated carbocycles. The van der Waals surface area contributed by atoms with Crippen LogP contribution in [0.5, 0.6) is 0 Å². The molecule has 0 bridgehead atoms.